The van der Waals surface area contributed by atoms with Crippen LogP contribution in [0.5, 0.6) is 0 Å². The highest BCUT2D eigenvalue weighted by Crippen LogP contribution is 2.15. The van der Waals surface area contributed by atoms with Crippen LogP contribution in [0.1, 0.15) is 44.0 Å². The fourth-order valence-electron chi connectivity index (χ4n) is 3.87. The van der Waals surface area contributed by atoms with Gasteiger partial charge in [0, 0.05) is 37.0 Å². The number of carbonyl (C=O) groups is 2. The first-order chi connectivity index (χ1) is 16.5. The van der Waals surface area contributed by atoms with Gasteiger partial charge in [-0.3, -0.25) is 14.4 Å². The minimum Gasteiger partial charge on any atom is -0.376 e. The Morgan fingerprint density at radius 1 is 1.12 bits per heavy atom. The zero-order chi connectivity index (χ0) is 23.9. The second-order valence-corrected chi connectivity index (χ2v) is 9.18. The average Bonchev–Trinajstić information content (AvgIpc) is 3.53. The third-order valence-corrected chi connectivity index (χ3v) is 6.47. The van der Waals surface area contributed by atoms with Gasteiger partial charge in [-0.1, -0.05) is 18.2 Å². The number of carbonyl (C=O) groups excluding carboxylic acids is 2. The van der Waals surface area contributed by atoms with E-state index in [1.807, 2.05) is 17.5 Å². The lowest BCUT2D eigenvalue weighted by molar-refractivity contribution is 0.0925. The molecular weight excluding hydrogens is 457 g/mol. The summed E-state index contributed by atoms with van der Waals surface area (Å²) in [6.45, 7) is 1.63. The van der Waals surface area contributed by atoms with E-state index in [4.69, 9.17) is 4.74 Å². The van der Waals surface area contributed by atoms with Gasteiger partial charge in [0.2, 0.25) is 5.43 Å². The predicted molar refractivity (Wildman–Crippen MR) is 128 cm³/mol. The van der Waals surface area contributed by atoms with Crippen LogP contribution in [0.3, 0.4) is 0 Å². The highest BCUT2D eigenvalue weighted by molar-refractivity contribution is 7.09. The molecule has 7 nitrogen and oxygen atoms in total. The normalized spacial score (nSPS) is 15.3. The molecule has 9 heteroatoms. The lowest BCUT2D eigenvalue weighted by Crippen LogP contribution is -2.36. The number of ether oxygens (including phenoxy) is 1. The first kappa shape index (κ1) is 23.8. The molecule has 1 aliphatic heterocycles. The Hall–Kier alpha value is -3.30. The number of rotatable bonds is 9. The van der Waals surface area contributed by atoms with Crippen LogP contribution in [-0.4, -0.2) is 35.6 Å². The zero-order valence-electron chi connectivity index (χ0n) is 18.6. The van der Waals surface area contributed by atoms with E-state index in [1.165, 1.54) is 35.9 Å². The van der Waals surface area contributed by atoms with Crippen LogP contribution in [0.25, 0.3) is 0 Å². The number of aromatic nitrogens is 1. The smallest absolute Gasteiger partial charge is 0.257 e. The topological polar surface area (TPSA) is 89.4 Å². The maximum atomic E-state index is 13.4. The van der Waals surface area contributed by atoms with Crippen LogP contribution >= 0.6 is 11.3 Å². The Labute approximate surface area is 200 Å². The lowest BCUT2D eigenvalue weighted by atomic mass is 10.1. The van der Waals surface area contributed by atoms with Gasteiger partial charge in [0.15, 0.2) is 0 Å². The van der Waals surface area contributed by atoms with Crippen LogP contribution in [0.4, 0.5) is 4.39 Å². The van der Waals surface area contributed by atoms with Crippen LogP contribution in [-0.2, 0) is 24.2 Å². The summed E-state index contributed by atoms with van der Waals surface area (Å²) in [5.41, 5.74) is -0.0957. The van der Waals surface area contributed by atoms with Gasteiger partial charge in [0.05, 0.1) is 12.6 Å². The molecular formula is C25H26FN3O4S. The van der Waals surface area contributed by atoms with Gasteiger partial charge in [-0.2, -0.15) is 0 Å². The van der Waals surface area contributed by atoms with E-state index in [0.717, 1.165) is 23.3 Å². The highest BCUT2D eigenvalue weighted by atomic mass is 32.1. The fourth-order valence-corrected chi connectivity index (χ4v) is 4.51. The van der Waals surface area contributed by atoms with E-state index >= 15 is 0 Å². The Kier molecular flexibility index (Phi) is 7.87. The van der Waals surface area contributed by atoms with Gasteiger partial charge in [0.25, 0.3) is 11.8 Å². The van der Waals surface area contributed by atoms with Crippen molar-refractivity contribution in [2.75, 3.05) is 13.2 Å². The predicted octanol–water partition coefficient (Wildman–Crippen LogP) is 3.13. The number of nitrogens with one attached hydrogen (secondary N) is 2. The first-order valence-electron chi connectivity index (χ1n) is 11.2. The van der Waals surface area contributed by atoms with Crippen LogP contribution in [0.15, 0.2) is 59.0 Å². The summed E-state index contributed by atoms with van der Waals surface area (Å²) in [5, 5.41) is 7.38. The van der Waals surface area contributed by atoms with Crippen molar-refractivity contribution in [2.24, 2.45) is 0 Å². The molecule has 3 heterocycles. The standard InChI is InChI=1S/C25H26FN3O4S/c26-18-5-1-4-17(12-18)8-9-27-24(31)21-15-29(14-19-6-2-10-33-19)16-22(23(21)30)25(32)28-13-20-7-3-11-34-20/h1,3-5,7,11-12,15-16,19H,2,6,8-10,13-14H2,(H,27,31)(H,28,32)/t19-/m0/s1. The first-order valence-corrected chi connectivity index (χ1v) is 12.1. The van der Waals surface area contributed by atoms with Gasteiger partial charge >= 0.3 is 0 Å². The zero-order valence-corrected chi connectivity index (χ0v) is 19.4. The van der Waals surface area contributed by atoms with E-state index in [9.17, 15) is 18.8 Å². The quantitative estimate of drug-likeness (QED) is 0.489. The average molecular weight is 484 g/mol. The van der Waals surface area contributed by atoms with Crippen molar-refractivity contribution < 1.29 is 18.7 Å². The highest BCUT2D eigenvalue weighted by Gasteiger charge is 2.22. The molecule has 0 radical (unpaired) electrons. The number of amides is 2. The molecule has 1 fully saturated rings. The van der Waals surface area contributed by atoms with Crippen LogP contribution < -0.4 is 16.1 Å². The molecule has 2 amide bonds. The molecule has 2 N–H and O–H groups in total. The van der Waals surface area contributed by atoms with Gasteiger partial charge in [-0.15, -0.1) is 11.3 Å². The van der Waals surface area contributed by atoms with Crippen LogP contribution in [0.2, 0.25) is 0 Å². The summed E-state index contributed by atoms with van der Waals surface area (Å²) < 4.78 is 20.7. The van der Waals surface area contributed by atoms with E-state index in [2.05, 4.69) is 10.6 Å². The van der Waals surface area contributed by atoms with E-state index in [1.54, 1.807) is 16.7 Å². The van der Waals surface area contributed by atoms with Crippen molar-refractivity contribution in [3.05, 3.63) is 91.8 Å². The monoisotopic (exact) mass is 483 g/mol. The van der Waals surface area contributed by atoms with Crippen molar-refractivity contribution in [2.45, 2.75) is 38.5 Å². The molecule has 178 valence electrons. The number of benzene rings is 1. The molecule has 1 atom stereocenters. The molecule has 1 saturated heterocycles. The molecule has 0 saturated carbocycles. The molecule has 0 spiro atoms. The summed E-state index contributed by atoms with van der Waals surface area (Å²) in [7, 11) is 0. The third kappa shape index (κ3) is 6.18. The maximum absolute atomic E-state index is 13.4. The maximum Gasteiger partial charge on any atom is 0.257 e. The minimum atomic E-state index is -0.629. The molecule has 2 aromatic heterocycles. The lowest BCUT2D eigenvalue weighted by Gasteiger charge is -2.15. The van der Waals surface area contributed by atoms with E-state index in [0.29, 0.717) is 26.1 Å². The van der Waals surface area contributed by atoms with E-state index < -0.39 is 17.2 Å². The summed E-state index contributed by atoms with van der Waals surface area (Å²) >= 11 is 1.50. The number of hydrogen-bond acceptors (Lipinski definition) is 5. The van der Waals surface area contributed by atoms with Crippen molar-refractivity contribution in [3.8, 4) is 0 Å². The fraction of sp³-hybridized carbons (Fsp3) is 0.320. The molecule has 0 unspecified atom stereocenters. The minimum absolute atomic E-state index is 0.0339. The van der Waals surface area contributed by atoms with E-state index in [-0.39, 0.29) is 29.6 Å². The number of hydrogen-bond donors (Lipinski definition) is 2. The van der Waals surface area contributed by atoms with Crippen LogP contribution in [0, 0.1) is 5.82 Å². The number of pyridine rings is 1. The molecule has 1 aromatic carbocycles. The second-order valence-electron chi connectivity index (χ2n) is 8.14. The van der Waals surface area contributed by atoms with Crippen molar-refractivity contribution >= 4 is 23.2 Å². The Bertz CT molecular complexity index is 1200. The number of thiophene rings is 1. The molecule has 0 aliphatic carbocycles. The molecule has 3 aromatic rings. The van der Waals surface area contributed by atoms with Crippen molar-refractivity contribution in [1.29, 1.82) is 0 Å². The molecule has 4 rings (SSSR count). The number of nitrogens with zero attached hydrogens (tertiary/aromatic N) is 1. The van der Waals surface area contributed by atoms with Crippen molar-refractivity contribution in [3.63, 3.8) is 0 Å². The Morgan fingerprint density at radius 3 is 2.59 bits per heavy atom. The molecule has 1 aliphatic rings. The Morgan fingerprint density at radius 2 is 1.91 bits per heavy atom. The summed E-state index contributed by atoms with van der Waals surface area (Å²) in [6, 6.07) is 9.91. The summed E-state index contributed by atoms with van der Waals surface area (Å²) in [6.07, 6.45) is 5.16. The Balaban J connectivity index is 1.51. The van der Waals surface area contributed by atoms with Gasteiger partial charge in [-0.05, 0) is 48.4 Å². The van der Waals surface area contributed by atoms with Gasteiger partial charge in [-0.25, -0.2) is 4.39 Å². The van der Waals surface area contributed by atoms with Gasteiger partial charge < -0.3 is 19.9 Å². The molecule has 0 bridgehead atoms. The van der Waals surface area contributed by atoms with Crippen molar-refractivity contribution in [1.82, 2.24) is 15.2 Å². The number of halogens is 1. The second kappa shape index (κ2) is 11.2. The largest absolute Gasteiger partial charge is 0.376 e. The van der Waals surface area contributed by atoms with Gasteiger partial charge in [0.1, 0.15) is 16.9 Å². The summed E-state index contributed by atoms with van der Waals surface area (Å²) in [5.74, 6) is -1.45. The third-order valence-electron chi connectivity index (χ3n) is 5.60. The molecule has 34 heavy (non-hydrogen) atoms. The SMILES string of the molecule is O=C(NCCc1cccc(F)c1)c1cn(C[C@@H]2CCCO2)cc(C(=O)NCc2cccs2)c1=O. The summed E-state index contributed by atoms with van der Waals surface area (Å²) in [4.78, 5) is 39.7.